The minimum absolute atomic E-state index is 0. The monoisotopic (exact) mass is 409 g/mol. The van der Waals surface area contributed by atoms with Crippen LogP contribution in [-0.2, 0) is 4.79 Å². The minimum atomic E-state index is -0.652. The first kappa shape index (κ1) is 23.0. The highest BCUT2D eigenvalue weighted by Gasteiger charge is 2.25. The third-order valence-corrected chi connectivity index (χ3v) is 4.32. The first-order chi connectivity index (χ1) is 12.4. The zero-order valence-corrected chi connectivity index (χ0v) is 16.9. The van der Waals surface area contributed by atoms with Gasteiger partial charge in [0.05, 0.1) is 0 Å². The van der Waals surface area contributed by atoms with E-state index in [0.717, 1.165) is 5.56 Å². The normalized spacial score (nSPS) is 12.6. The fraction of sp³-hybridized carbons (Fsp3) is 0.300. The molecular formula is C20H25Cl2N3O2. The Kier molecular flexibility index (Phi) is 9.29. The quantitative estimate of drug-likeness (QED) is 0.655. The molecule has 0 saturated heterocycles. The van der Waals surface area contributed by atoms with Crippen LogP contribution in [0.5, 0.6) is 0 Å². The molecule has 0 heterocycles. The summed E-state index contributed by atoms with van der Waals surface area (Å²) in [6, 6.07) is 15.1. The fourth-order valence-corrected chi connectivity index (χ4v) is 2.63. The molecule has 2 aromatic rings. The van der Waals surface area contributed by atoms with E-state index in [1.807, 2.05) is 44.2 Å². The van der Waals surface area contributed by atoms with Gasteiger partial charge in [0.15, 0.2) is 0 Å². The van der Waals surface area contributed by atoms with Gasteiger partial charge in [0.1, 0.15) is 6.04 Å². The Bertz CT molecular complexity index is 737. The number of carbonyl (C=O) groups excluding carboxylic acids is 2. The van der Waals surface area contributed by atoms with Crippen molar-refractivity contribution in [2.24, 2.45) is 11.7 Å². The van der Waals surface area contributed by atoms with Gasteiger partial charge in [-0.3, -0.25) is 9.59 Å². The maximum atomic E-state index is 12.5. The lowest BCUT2D eigenvalue weighted by molar-refractivity contribution is -0.124. The first-order valence-corrected chi connectivity index (χ1v) is 8.91. The molecule has 2 aromatic carbocycles. The van der Waals surface area contributed by atoms with Gasteiger partial charge in [0, 0.05) is 23.2 Å². The minimum Gasteiger partial charge on any atom is -0.352 e. The second-order valence-corrected chi connectivity index (χ2v) is 6.90. The topological polar surface area (TPSA) is 84.2 Å². The molecule has 0 fully saturated rings. The summed E-state index contributed by atoms with van der Waals surface area (Å²) in [5, 5.41) is 6.16. The molecule has 146 valence electrons. The third kappa shape index (κ3) is 6.86. The Balaban J connectivity index is 0.00000364. The average molecular weight is 410 g/mol. The number of benzene rings is 2. The number of nitrogens with two attached hydrogens (primary N) is 1. The molecular weight excluding hydrogens is 385 g/mol. The maximum absolute atomic E-state index is 12.5. The molecule has 0 saturated carbocycles. The van der Waals surface area contributed by atoms with Crippen molar-refractivity contribution in [2.45, 2.75) is 25.9 Å². The predicted octanol–water partition coefficient (Wildman–Crippen LogP) is 3.33. The van der Waals surface area contributed by atoms with Crippen molar-refractivity contribution in [3.05, 3.63) is 70.7 Å². The van der Waals surface area contributed by atoms with Crippen molar-refractivity contribution in [1.29, 1.82) is 0 Å². The SMILES string of the molecule is CC(C)C(NC(=O)c1ccc(Cl)cc1)C(=O)NCC(N)c1ccccc1.Cl. The lowest BCUT2D eigenvalue weighted by Gasteiger charge is -2.23. The summed E-state index contributed by atoms with van der Waals surface area (Å²) >= 11 is 5.84. The fourth-order valence-electron chi connectivity index (χ4n) is 2.50. The maximum Gasteiger partial charge on any atom is 0.251 e. The average Bonchev–Trinajstić information content (AvgIpc) is 2.64. The summed E-state index contributed by atoms with van der Waals surface area (Å²) in [7, 11) is 0. The van der Waals surface area contributed by atoms with Crippen molar-refractivity contribution in [3.8, 4) is 0 Å². The van der Waals surface area contributed by atoms with Crippen LogP contribution < -0.4 is 16.4 Å². The summed E-state index contributed by atoms with van der Waals surface area (Å²) in [5.74, 6) is -0.643. The Labute approximate surface area is 171 Å². The van der Waals surface area contributed by atoms with Crippen molar-refractivity contribution < 1.29 is 9.59 Å². The molecule has 4 N–H and O–H groups in total. The predicted molar refractivity (Wildman–Crippen MR) is 111 cm³/mol. The largest absolute Gasteiger partial charge is 0.352 e. The van der Waals surface area contributed by atoms with E-state index in [1.54, 1.807) is 24.3 Å². The van der Waals surface area contributed by atoms with E-state index in [4.69, 9.17) is 17.3 Å². The van der Waals surface area contributed by atoms with Crippen LogP contribution in [0.3, 0.4) is 0 Å². The molecule has 2 amide bonds. The highest BCUT2D eigenvalue weighted by Crippen LogP contribution is 2.11. The van der Waals surface area contributed by atoms with E-state index < -0.39 is 6.04 Å². The van der Waals surface area contributed by atoms with Crippen molar-refractivity contribution in [3.63, 3.8) is 0 Å². The molecule has 0 aliphatic rings. The van der Waals surface area contributed by atoms with Gasteiger partial charge in [-0.05, 0) is 35.7 Å². The van der Waals surface area contributed by atoms with Crippen LogP contribution in [0.15, 0.2) is 54.6 Å². The van der Waals surface area contributed by atoms with Crippen LogP contribution in [0, 0.1) is 5.92 Å². The van der Waals surface area contributed by atoms with Crippen LogP contribution in [-0.4, -0.2) is 24.4 Å². The number of hydrogen-bond acceptors (Lipinski definition) is 3. The van der Waals surface area contributed by atoms with E-state index in [0.29, 0.717) is 17.1 Å². The molecule has 0 bridgehead atoms. The summed E-state index contributed by atoms with van der Waals surface area (Å²) in [5.41, 5.74) is 7.51. The van der Waals surface area contributed by atoms with Crippen LogP contribution >= 0.6 is 24.0 Å². The molecule has 2 atom stereocenters. The van der Waals surface area contributed by atoms with Crippen molar-refractivity contribution in [2.75, 3.05) is 6.54 Å². The van der Waals surface area contributed by atoms with Crippen molar-refractivity contribution in [1.82, 2.24) is 10.6 Å². The Morgan fingerprint density at radius 3 is 2.19 bits per heavy atom. The highest BCUT2D eigenvalue weighted by molar-refractivity contribution is 6.30. The molecule has 7 heteroatoms. The zero-order valence-electron chi connectivity index (χ0n) is 15.3. The zero-order chi connectivity index (χ0) is 19.1. The molecule has 2 rings (SSSR count). The molecule has 0 aliphatic carbocycles. The highest BCUT2D eigenvalue weighted by atomic mass is 35.5. The molecule has 27 heavy (non-hydrogen) atoms. The van der Waals surface area contributed by atoms with Gasteiger partial charge in [-0.1, -0.05) is 55.8 Å². The van der Waals surface area contributed by atoms with E-state index in [1.165, 1.54) is 0 Å². The van der Waals surface area contributed by atoms with Crippen LogP contribution in [0.25, 0.3) is 0 Å². The van der Waals surface area contributed by atoms with E-state index >= 15 is 0 Å². The van der Waals surface area contributed by atoms with Crippen LogP contribution in [0.4, 0.5) is 0 Å². The molecule has 0 radical (unpaired) electrons. The summed E-state index contributed by atoms with van der Waals surface area (Å²) < 4.78 is 0. The van der Waals surface area contributed by atoms with E-state index in [9.17, 15) is 9.59 Å². The first-order valence-electron chi connectivity index (χ1n) is 8.53. The van der Waals surface area contributed by atoms with Gasteiger partial charge in [-0.25, -0.2) is 0 Å². The van der Waals surface area contributed by atoms with Gasteiger partial charge < -0.3 is 16.4 Å². The molecule has 0 aromatic heterocycles. The lowest BCUT2D eigenvalue weighted by Crippen LogP contribution is -2.50. The Morgan fingerprint density at radius 2 is 1.63 bits per heavy atom. The van der Waals surface area contributed by atoms with Crippen LogP contribution in [0.2, 0.25) is 5.02 Å². The summed E-state index contributed by atoms with van der Waals surface area (Å²) in [4.78, 5) is 24.9. The van der Waals surface area contributed by atoms with Crippen LogP contribution in [0.1, 0.15) is 35.8 Å². The Morgan fingerprint density at radius 1 is 1.04 bits per heavy atom. The third-order valence-electron chi connectivity index (χ3n) is 4.07. The van der Waals surface area contributed by atoms with Gasteiger partial charge >= 0.3 is 0 Å². The number of rotatable bonds is 7. The number of nitrogens with one attached hydrogen (secondary N) is 2. The molecule has 0 spiro atoms. The van der Waals surface area contributed by atoms with E-state index in [2.05, 4.69) is 10.6 Å². The van der Waals surface area contributed by atoms with Gasteiger partial charge in [-0.15, -0.1) is 12.4 Å². The molecule has 2 unspecified atom stereocenters. The lowest BCUT2D eigenvalue weighted by atomic mass is 10.0. The van der Waals surface area contributed by atoms with Crippen molar-refractivity contribution >= 4 is 35.8 Å². The van der Waals surface area contributed by atoms with Gasteiger partial charge in [-0.2, -0.15) is 0 Å². The number of amides is 2. The molecule has 5 nitrogen and oxygen atoms in total. The Hall–Kier alpha value is -2.08. The number of halogens is 2. The van der Waals surface area contributed by atoms with E-state index in [-0.39, 0.29) is 36.2 Å². The molecule has 0 aliphatic heterocycles. The summed E-state index contributed by atoms with van der Waals surface area (Å²) in [6.45, 7) is 4.05. The smallest absolute Gasteiger partial charge is 0.251 e. The number of hydrogen-bond donors (Lipinski definition) is 3. The van der Waals surface area contributed by atoms with Gasteiger partial charge in [0.2, 0.25) is 5.91 Å². The second-order valence-electron chi connectivity index (χ2n) is 6.46. The second kappa shape index (κ2) is 10.9. The number of carbonyl (C=O) groups is 2. The standard InChI is InChI=1S/C20H24ClN3O2.ClH/c1-13(2)18(24-19(25)15-8-10-16(21)11-9-15)20(26)23-12-17(22)14-6-4-3-5-7-14;/h3-11,13,17-18H,12,22H2,1-2H3,(H,23,26)(H,24,25);1H. The van der Waals surface area contributed by atoms with Gasteiger partial charge in [0.25, 0.3) is 5.91 Å². The summed E-state index contributed by atoms with van der Waals surface area (Å²) in [6.07, 6.45) is 0.